The van der Waals surface area contributed by atoms with E-state index in [4.69, 9.17) is 4.74 Å². The van der Waals surface area contributed by atoms with Crippen LogP contribution in [0.25, 0.3) is 0 Å². The van der Waals surface area contributed by atoms with E-state index in [1.54, 1.807) is 50.1 Å². The molecule has 148 valence electrons. The Labute approximate surface area is 163 Å². The van der Waals surface area contributed by atoms with Gasteiger partial charge in [0.15, 0.2) is 0 Å². The van der Waals surface area contributed by atoms with Crippen molar-refractivity contribution in [2.24, 2.45) is 0 Å². The number of carbonyl (C=O) groups is 2. The average Bonchev–Trinajstić information content (AvgIpc) is 2.61. The largest absolute Gasteiger partial charge is 0.444 e. The van der Waals surface area contributed by atoms with Gasteiger partial charge in [-0.15, -0.1) is 0 Å². The smallest absolute Gasteiger partial charge is 0.408 e. The van der Waals surface area contributed by atoms with Crippen LogP contribution < -0.4 is 10.2 Å². The molecule has 28 heavy (non-hydrogen) atoms. The minimum absolute atomic E-state index is 0.214. The Kier molecular flexibility index (Phi) is 5.63. The van der Waals surface area contributed by atoms with Gasteiger partial charge in [-0.05, 0) is 57.0 Å². The van der Waals surface area contributed by atoms with Gasteiger partial charge in [0, 0.05) is 19.2 Å². The molecule has 2 heterocycles. The number of halogens is 1. The standard InChI is InChI=1S/C21H24FN3O3/c1-21(2,3)28-20(27)24-17-13-16-18(5-4-11-23-16)25(19(17)26)12-10-14-6-8-15(22)9-7-14/h4-9,11,17H,10,12-13H2,1-3H3,(H,24,27). The zero-order valence-electron chi connectivity index (χ0n) is 16.2. The number of benzene rings is 1. The van der Waals surface area contributed by atoms with E-state index in [0.29, 0.717) is 19.4 Å². The second-order valence-corrected chi connectivity index (χ2v) is 7.74. The number of amides is 2. The molecule has 0 spiro atoms. The minimum Gasteiger partial charge on any atom is -0.444 e. The Balaban J connectivity index is 1.76. The molecule has 6 nitrogen and oxygen atoms in total. The predicted molar refractivity (Wildman–Crippen MR) is 104 cm³/mol. The first kappa shape index (κ1) is 19.8. The average molecular weight is 385 g/mol. The summed E-state index contributed by atoms with van der Waals surface area (Å²) in [7, 11) is 0. The molecule has 1 aliphatic rings. The van der Waals surface area contributed by atoms with Crippen molar-refractivity contribution in [3.8, 4) is 0 Å². The van der Waals surface area contributed by atoms with Crippen LogP contribution >= 0.6 is 0 Å². The number of ether oxygens (including phenoxy) is 1. The number of pyridine rings is 1. The van der Waals surface area contributed by atoms with Crippen LogP contribution in [0, 0.1) is 5.82 Å². The molecule has 0 radical (unpaired) electrons. The molecule has 0 aliphatic carbocycles. The van der Waals surface area contributed by atoms with Gasteiger partial charge in [-0.25, -0.2) is 9.18 Å². The van der Waals surface area contributed by atoms with E-state index in [1.165, 1.54) is 12.1 Å². The molecule has 0 bridgehead atoms. The molecular weight excluding hydrogens is 361 g/mol. The lowest BCUT2D eigenvalue weighted by Crippen LogP contribution is -2.54. The molecule has 1 aliphatic heterocycles. The van der Waals surface area contributed by atoms with E-state index < -0.39 is 17.7 Å². The number of hydrogen-bond acceptors (Lipinski definition) is 4. The summed E-state index contributed by atoms with van der Waals surface area (Å²) in [5.74, 6) is -0.512. The zero-order chi connectivity index (χ0) is 20.3. The van der Waals surface area contributed by atoms with Crippen LogP contribution in [0.5, 0.6) is 0 Å². The fourth-order valence-electron chi connectivity index (χ4n) is 3.11. The van der Waals surface area contributed by atoms with Crippen molar-refractivity contribution in [1.29, 1.82) is 0 Å². The Morgan fingerprint density at radius 1 is 1.29 bits per heavy atom. The Bertz CT molecular complexity index is 862. The van der Waals surface area contributed by atoms with Crippen LogP contribution in [0.4, 0.5) is 14.9 Å². The number of nitrogens with zero attached hydrogens (tertiary/aromatic N) is 2. The monoisotopic (exact) mass is 385 g/mol. The zero-order valence-corrected chi connectivity index (χ0v) is 16.2. The summed E-state index contributed by atoms with van der Waals surface area (Å²) in [6.07, 6.45) is 1.89. The highest BCUT2D eigenvalue weighted by atomic mass is 19.1. The summed E-state index contributed by atoms with van der Waals surface area (Å²) in [5, 5.41) is 2.66. The summed E-state index contributed by atoms with van der Waals surface area (Å²) in [6, 6.07) is 9.07. The topological polar surface area (TPSA) is 71.5 Å². The first-order valence-electron chi connectivity index (χ1n) is 9.22. The summed E-state index contributed by atoms with van der Waals surface area (Å²) >= 11 is 0. The first-order chi connectivity index (χ1) is 13.2. The maximum atomic E-state index is 13.1. The number of carbonyl (C=O) groups excluding carboxylic acids is 2. The van der Waals surface area contributed by atoms with Gasteiger partial charge in [0.2, 0.25) is 5.91 Å². The van der Waals surface area contributed by atoms with Crippen molar-refractivity contribution in [1.82, 2.24) is 10.3 Å². The normalized spacial score (nSPS) is 16.5. The van der Waals surface area contributed by atoms with E-state index in [2.05, 4.69) is 10.3 Å². The van der Waals surface area contributed by atoms with Gasteiger partial charge in [-0.2, -0.15) is 0 Å². The molecule has 0 saturated heterocycles. The third-order valence-electron chi connectivity index (χ3n) is 4.35. The molecule has 1 N–H and O–H groups in total. The highest BCUT2D eigenvalue weighted by Crippen LogP contribution is 2.26. The molecule has 2 amide bonds. The lowest BCUT2D eigenvalue weighted by molar-refractivity contribution is -0.121. The molecule has 1 aromatic carbocycles. The number of alkyl carbamates (subject to hydrolysis) is 1. The number of aromatic nitrogens is 1. The molecular formula is C21H24FN3O3. The molecule has 7 heteroatoms. The van der Waals surface area contributed by atoms with Gasteiger partial charge >= 0.3 is 6.09 Å². The summed E-state index contributed by atoms with van der Waals surface area (Å²) < 4.78 is 18.4. The van der Waals surface area contributed by atoms with Crippen molar-refractivity contribution < 1.29 is 18.7 Å². The van der Waals surface area contributed by atoms with Gasteiger partial charge in [0.1, 0.15) is 17.5 Å². The third kappa shape index (κ3) is 4.85. The van der Waals surface area contributed by atoms with Crippen LogP contribution in [0.3, 0.4) is 0 Å². The van der Waals surface area contributed by atoms with Crippen molar-refractivity contribution in [3.63, 3.8) is 0 Å². The number of anilines is 1. The van der Waals surface area contributed by atoms with Crippen LogP contribution in [-0.2, 0) is 22.4 Å². The molecule has 2 aromatic rings. The lowest BCUT2D eigenvalue weighted by atomic mass is 10.0. The summed E-state index contributed by atoms with van der Waals surface area (Å²) in [4.78, 5) is 31.2. The van der Waals surface area contributed by atoms with Crippen LogP contribution in [0.2, 0.25) is 0 Å². The Hall–Kier alpha value is -2.96. The van der Waals surface area contributed by atoms with Gasteiger partial charge in [0.25, 0.3) is 0 Å². The number of nitrogens with one attached hydrogen (secondary N) is 1. The SMILES string of the molecule is CC(C)(C)OC(=O)NC1Cc2ncccc2N(CCc2ccc(F)cc2)C1=O. The second kappa shape index (κ2) is 7.96. The molecule has 0 saturated carbocycles. The van der Waals surface area contributed by atoms with Gasteiger partial charge < -0.3 is 15.0 Å². The first-order valence-corrected chi connectivity index (χ1v) is 9.22. The van der Waals surface area contributed by atoms with E-state index in [-0.39, 0.29) is 11.7 Å². The van der Waals surface area contributed by atoms with Gasteiger partial charge in [0.05, 0.1) is 11.4 Å². The van der Waals surface area contributed by atoms with Crippen molar-refractivity contribution in [2.45, 2.75) is 45.3 Å². The maximum absolute atomic E-state index is 13.1. The lowest BCUT2D eigenvalue weighted by Gasteiger charge is -2.34. The number of hydrogen-bond donors (Lipinski definition) is 1. The maximum Gasteiger partial charge on any atom is 0.408 e. The molecule has 3 rings (SSSR count). The molecule has 1 unspecified atom stereocenters. The quantitative estimate of drug-likeness (QED) is 0.877. The van der Waals surface area contributed by atoms with Crippen molar-refractivity contribution in [2.75, 3.05) is 11.4 Å². The highest BCUT2D eigenvalue weighted by Gasteiger charge is 2.35. The minimum atomic E-state index is -0.745. The summed E-state index contributed by atoms with van der Waals surface area (Å²) in [6.45, 7) is 5.69. The van der Waals surface area contributed by atoms with E-state index in [9.17, 15) is 14.0 Å². The number of fused-ring (bicyclic) bond motifs is 1. The van der Waals surface area contributed by atoms with E-state index >= 15 is 0 Å². The van der Waals surface area contributed by atoms with E-state index in [1.807, 2.05) is 6.07 Å². The predicted octanol–water partition coefficient (Wildman–Crippen LogP) is 3.25. The fraction of sp³-hybridized carbons (Fsp3) is 0.381. The molecule has 1 atom stereocenters. The second-order valence-electron chi connectivity index (χ2n) is 7.74. The van der Waals surface area contributed by atoms with Crippen LogP contribution in [-0.4, -0.2) is 35.2 Å². The Morgan fingerprint density at radius 3 is 2.68 bits per heavy atom. The number of rotatable bonds is 4. The molecule has 0 fully saturated rings. The van der Waals surface area contributed by atoms with Crippen LogP contribution in [0.15, 0.2) is 42.6 Å². The summed E-state index contributed by atoms with van der Waals surface area (Å²) in [5.41, 5.74) is 1.74. The van der Waals surface area contributed by atoms with Crippen LogP contribution in [0.1, 0.15) is 32.0 Å². The van der Waals surface area contributed by atoms with Gasteiger partial charge in [-0.3, -0.25) is 9.78 Å². The van der Waals surface area contributed by atoms with Gasteiger partial charge in [-0.1, -0.05) is 12.1 Å². The fourth-order valence-corrected chi connectivity index (χ4v) is 3.11. The Morgan fingerprint density at radius 2 is 2.00 bits per heavy atom. The van der Waals surface area contributed by atoms with Crippen molar-refractivity contribution in [3.05, 3.63) is 59.7 Å². The highest BCUT2D eigenvalue weighted by molar-refractivity contribution is 6.01. The molecule has 1 aromatic heterocycles. The third-order valence-corrected chi connectivity index (χ3v) is 4.35. The van der Waals surface area contributed by atoms with E-state index in [0.717, 1.165) is 16.9 Å². The van der Waals surface area contributed by atoms with Crippen molar-refractivity contribution >= 4 is 17.7 Å².